The van der Waals surface area contributed by atoms with E-state index in [4.69, 9.17) is 14.2 Å². The number of sulfone groups is 1. The predicted molar refractivity (Wildman–Crippen MR) is 90.2 cm³/mol. The van der Waals surface area contributed by atoms with Gasteiger partial charge in [0.2, 0.25) is 0 Å². The summed E-state index contributed by atoms with van der Waals surface area (Å²) in [6, 6.07) is 11.4. The molecule has 0 fully saturated rings. The molecular weight excluding hydrogens is 330 g/mol. The van der Waals surface area contributed by atoms with Gasteiger partial charge in [-0.05, 0) is 42.5 Å². The molecule has 24 heavy (non-hydrogen) atoms. The van der Waals surface area contributed by atoms with Crippen molar-refractivity contribution in [3.05, 3.63) is 48.0 Å². The number of rotatable bonds is 7. The monoisotopic (exact) mass is 352 g/mol. The molecule has 0 spiro atoms. The van der Waals surface area contributed by atoms with E-state index in [0.717, 1.165) is 0 Å². The Labute approximate surface area is 142 Å². The molecular formula is C17H22NO5S+. The van der Waals surface area contributed by atoms with E-state index in [2.05, 4.69) is 5.73 Å². The summed E-state index contributed by atoms with van der Waals surface area (Å²) in [6.07, 6.45) is 0. The van der Waals surface area contributed by atoms with Crippen molar-refractivity contribution in [1.29, 1.82) is 0 Å². The van der Waals surface area contributed by atoms with E-state index in [1.807, 2.05) is 0 Å². The Morgan fingerprint density at radius 1 is 0.917 bits per heavy atom. The van der Waals surface area contributed by atoms with Gasteiger partial charge in [0.25, 0.3) is 0 Å². The Morgan fingerprint density at radius 3 is 2.00 bits per heavy atom. The highest BCUT2D eigenvalue weighted by atomic mass is 32.2. The molecule has 0 bridgehead atoms. The molecule has 2 aromatic carbocycles. The Kier molecular flexibility index (Phi) is 5.69. The third-order valence-electron chi connectivity index (χ3n) is 3.81. The standard InChI is InChI=1S/C17H21NO5S/c1-21-12-4-7-14(8-5-12)24(19,20)17(11-18)15-10-13(22-2)6-9-16(15)23-3/h4-10,17H,11,18H2,1-3H3/p+1/t17-/m0/s1. The van der Waals surface area contributed by atoms with Gasteiger partial charge in [-0.3, -0.25) is 0 Å². The lowest BCUT2D eigenvalue weighted by Gasteiger charge is -2.18. The molecule has 2 rings (SSSR count). The van der Waals surface area contributed by atoms with Gasteiger partial charge in [0.1, 0.15) is 22.5 Å². The van der Waals surface area contributed by atoms with Gasteiger partial charge in [0.15, 0.2) is 9.84 Å². The molecule has 6 nitrogen and oxygen atoms in total. The average molecular weight is 352 g/mol. The van der Waals surface area contributed by atoms with Gasteiger partial charge < -0.3 is 19.9 Å². The first kappa shape index (κ1) is 18.1. The molecule has 130 valence electrons. The minimum atomic E-state index is -3.64. The molecule has 0 aliphatic carbocycles. The number of hydrogen-bond donors (Lipinski definition) is 1. The third kappa shape index (κ3) is 3.47. The van der Waals surface area contributed by atoms with Gasteiger partial charge in [0, 0.05) is 5.56 Å². The predicted octanol–water partition coefficient (Wildman–Crippen LogP) is 1.47. The van der Waals surface area contributed by atoms with Crippen LogP contribution in [0.4, 0.5) is 0 Å². The summed E-state index contributed by atoms with van der Waals surface area (Å²) >= 11 is 0. The van der Waals surface area contributed by atoms with E-state index in [1.54, 1.807) is 30.3 Å². The molecule has 0 amide bonds. The molecule has 0 saturated heterocycles. The van der Waals surface area contributed by atoms with Gasteiger partial charge in [-0.1, -0.05) is 0 Å². The third-order valence-corrected chi connectivity index (χ3v) is 5.98. The van der Waals surface area contributed by atoms with Crippen LogP contribution in [0.3, 0.4) is 0 Å². The smallest absolute Gasteiger partial charge is 0.191 e. The van der Waals surface area contributed by atoms with Crippen LogP contribution in [-0.4, -0.2) is 36.3 Å². The quantitative estimate of drug-likeness (QED) is 0.815. The maximum absolute atomic E-state index is 13.1. The first-order chi connectivity index (χ1) is 11.5. The number of benzene rings is 2. The summed E-state index contributed by atoms with van der Waals surface area (Å²) in [4.78, 5) is 0.210. The van der Waals surface area contributed by atoms with Crippen LogP contribution in [0, 0.1) is 0 Å². The van der Waals surface area contributed by atoms with Crippen LogP contribution in [0.15, 0.2) is 47.4 Å². The Morgan fingerprint density at radius 2 is 1.50 bits per heavy atom. The van der Waals surface area contributed by atoms with Crippen molar-refractivity contribution in [3.8, 4) is 17.2 Å². The zero-order chi connectivity index (χ0) is 17.7. The summed E-state index contributed by atoms with van der Waals surface area (Å²) < 4.78 is 41.7. The van der Waals surface area contributed by atoms with Crippen LogP contribution in [0.25, 0.3) is 0 Å². The van der Waals surface area contributed by atoms with Crippen LogP contribution in [0.5, 0.6) is 17.2 Å². The second-order valence-corrected chi connectivity index (χ2v) is 7.24. The molecule has 0 unspecified atom stereocenters. The number of methoxy groups -OCH3 is 3. The van der Waals surface area contributed by atoms with Crippen molar-refractivity contribution in [2.24, 2.45) is 0 Å². The first-order valence-corrected chi connectivity index (χ1v) is 8.91. The highest BCUT2D eigenvalue weighted by Gasteiger charge is 2.32. The van der Waals surface area contributed by atoms with E-state index in [0.29, 0.717) is 22.8 Å². The fraction of sp³-hybridized carbons (Fsp3) is 0.294. The summed E-state index contributed by atoms with van der Waals surface area (Å²) in [5.41, 5.74) is 4.35. The minimum absolute atomic E-state index is 0.165. The lowest BCUT2D eigenvalue weighted by atomic mass is 10.1. The van der Waals surface area contributed by atoms with Crippen molar-refractivity contribution in [2.75, 3.05) is 27.9 Å². The van der Waals surface area contributed by atoms with Crippen molar-refractivity contribution in [3.63, 3.8) is 0 Å². The summed E-state index contributed by atoms with van der Waals surface area (Å²) in [5.74, 6) is 1.65. The normalized spacial score (nSPS) is 12.5. The van der Waals surface area contributed by atoms with E-state index in [1.165, 1.54) is 33.5 Å². The zero-order valence-electron chi connectivity index (χ0n) is 14.0. The zero-order valence-corrected chi connectivity index (χ0v) is 14.8. The SMILES string of the molecule is COc1ccc(S(=O)(=O)[C@@H](C[NH3+])c2cc(OC)ccc2OC)cc1. The van der Waals surface area contributed by atoms with E-state index in [9.17, 15) is 8.42 Å². The number of hydrogen-bond acceptors (Lipinski definition) is 5. The fourth-order valence-electron chi connectivity index (χ4n) is 2.50. The van der Waals surface area contributed by atoms with Crippen LogP contribution >= 0.6 is 0 Å². The van der Waals surface area contributed by atoms with Crippen LogP contribution in [-0.2, 0) is 9.84 Å². The van der Waals surface area contributed by atoms with Gasteiger partial charge in [-0.15, -0.1) is 0 Å². The van der Waals surface area contributed by atoms with Crippen molar-refractivity contribution >= 4 is 9.84 Å². The largest absolute Gasteiger partial charge is 0.497 e. The molecule has 7 heteroatoms. The van der Waals surface area contributed by atoms with Crippen molar-refractivity contribution in [1.82, 2.24) is 0 Å². The van der Waals surface area contributed by atoms with Crippen LogP contribution < -0.4 is 19.9 Å². The molecule has 1 atom stereocenters. The van der Waals surface area contributed by atoms with Gasteiger partial charge in [0.05, 0.1) is 32.8 Å². The highest BCUT2D eigenvalue weighted by molar-refractivity contribution is 7.91. The molecule has 0 heterocycles. The minimum Gasteiger partial charge on any atom is -0.497 e. The molecule has 0 aliphatic rings. The molecule has 0 saturated carbocycles. The Bertz CT molecular complexity index is 787. The molecule has 0 radical (unpaired) electrons. The Hall–Kier alpha value is -2.25. The van der Waals surface area contributed by atoms with Crippen LogP contribution in [0.2, 0.25) is 0 Å². The van der Waals surface area contributed by atoms with Crippen molar-refractivity contribution in [2.45, 2.75) is 10.1 Å². The molecule has 2 aromatic rings. The molecule has 3 N–H and O–H groups in total. The van der Waals surface area contributed by atoms with E-state index >= 15 is 0 Å². The second kappa shape index (κ2) is 7.55. The number of ether oxygens (including phenoxy) is 3. The van der Waals surface area contributed by atoms with E-state index < -0.39 is 15.1 Å². The lowest BCUT2D eigenvalue weighted by molar-refractivity contribution is -0.367. The van der Waals surface area contributed by atoms with Crippen LogP contribution in [0.1, 0.15) is 10.8 Å². The average Bonchev–Trinajstić information content (AvgIpc) is 2.62. The topological polar surface area (TPSA) is 89.5 Å². The number of quaternary nitrogens is 1. The summed E-state index contributed by atoms with van der Waals surface area (Å²) in [6.45, 7) is 0.165. The lowest BCUT2D eigenvalue weighted by Crippen LogP contribution is -2.54. The molecule has 0 aromatic heterocycles. The summed E-state index contributed by atoms with van der Waals surface area (Å²) in [7, 11) is 0.927. The first-order valence-electron chi connectivity index (χ1n) is 7.37. The van der Waals surface area contributed by atoms with Gasteiger partial charge in [-0.25, -0.2) is 8.42 Å². The van der Waals surface area contributed by atoms with Gasteiger partial charge >= 0.3 is 0 Å². The van der Waals surface area contributed by atoms with Gasteiger partial charge in [-0.2, -0.15) is 0 Å². The fourth-order valence-corrected chi connectivity index (χ4v) is 4.17. The molecule has 0 aliphatic heterocycles. The van der Waals surface area contributed by atoms with Crippen molar-refractivity contribution < 1.29 is 28.4 Å². The maximum Gasteiger partial charge on any atom is 0.191 e. The van der Waals surface area contributed by atoms with E-state index in [-0.39, 0.29) is 11.4 Å². The summed E-state index contributed by atoms with van der Waals surface area (Å²) in [5, 5.41) is -0.837. The Balaban J connectivity index is 2.53. The maximum atomic E-state index is 13.1. The second-order valence-electron chi connectivity index (χ2n) is 5.11. The highest BCUT2D eigenvalue weighted by Crippen LogP contribution is 2.36.